The minimum atomic E-state index is -0.746. The molecule has 0 amide bonds. The molecule has 0 fully saturated rings. The largest absolute Gasteiger partial charge is 0.386 e. The molecular weight excluding hydrogens is 363 g/mol. The molecule has 23 heavy (non-hydrogen) atoms. The van der Waals surface area contributed by atoms with Crippen LogP contribution in [0.2, 0.25) is 0 Å². The van der Waals surface area contributed by atoms with Crippen molar-refractivity contribution in [3.8, 4) is 0 Å². The first kappa shape index (κ1) is 17.3. The maximum atomic E-state index is 11.1. The van der Waals surface area contributed by atoms with Crippen molar-refractivity contribution in [2.45, 2.75) is 6.42 Å². The SMILES string of the molecule is O=C(Cl)Cc1cccs1.O=C(Cl)c1ccc2c(c1)C(=O)OC2=O. The van der Waals surface area contributed by atoms with Crippen molar-refractivity contribution < 1.29 is 23.9 Å². The van der Waals surface area contributed by atoms with E-state index in [1.165, 1.54) is 18.2 Å². The minimum absolute atomic E-state index is 0.0847. The summed E-state index contributed by atoms with van der Waals surface area (Å²) in [5, 5.41) is 0.951. The first-order valence-corrected chi connectivity index (χ1v) is 7.83. The van der Waals surface area contributed by atoms with Crippen molar-refractivity contribution in [1.82, 2.24) is 0 Å². The molecule has 0 radical (unpaired) electrons. The third kappa shape index (κ3) is 4.48. The predicted molar refractivity (Wildman–Crippen MR) is 85.3 cm³/mol. The summed E-state index contributed by atoms with van der Waals surface area (Å²) in [4.78, 5) is 44.1. The van der Waals surface area contributed by atoms with Gasteiger partial charge in [0.15, 0.2) is 0 Å². The fraction of sp³-hybridized carbons (Fsp3) is 0.0667. The van der Waals surface area contributed by atoms with Gasteiger partial charge in [-0.25, -0.2) is 9.59 Å². The molecule has 0 bridgehead atoms. The molecule has 0 N–H and O–H groups in total. The average Bonchev–Trinajstić information content (AvgIpc) is 3.08. The molecule has 1 aliphatic rings. The monoisotopic (exact) mass is 370 g/mol. The van der Waals surface area contributed by atoms with Gasteiger partial charge >= 0.3 is 11.9 Å². The Balaban J connectivity index is 0.000000185. The van der Waals surface area contributed by atoms with Crippen molar-refractivity contribution in [2.24, 2.45) is 0 Å². The smallest absolute Gasteiger partial charge is 0.346 e. The number of carbonyl (C=O) groups excluding carboxylic acids is 4. The highest BCUT2D eigenvalue weighted by Crippen LogP contribution is 2.21. The summed E-state index contributed by atoms with van der Waals surface area (Å²) in [7, 11) is 0. The van der Waals surface area contributed by atoms with Gasteiger partial charge in [0, 0.05) is 10.4 Å². The zero-order chi connectivity index (χ0) is 17.0. The summed E-state index contributed by atoms with van der Waals surface area (Å²) >= 11 is 11.9. The lowest BCUT2D eigenvalue weighted by Crippen LogP contribution is -1.97. The Kier molecular flexibility index (Phi) is 5.65. The molecule has 1 aliphatic heterocycles. The van der Waals surface area contributed by atoms with Crippen molar-refractivity contribution in [3.63, 3.8) is 0 Å². The second-order valence-corrected chi connectivity index (χ2v) is 6.12. The van der Waals surface area contributed by atoms with E-state index in [1.807, 2.05) is 17.5 Å². The van der Waals surface area contributed by atoms with Crippen LogP contribution in [-0.4, -0.2) is 22.4 Å². The summed E-state index contributed by atoms with van der Waals surface area (Å²) in [6.07, 6.45) is 0.360. The summed E-state index contributed by atoms with van der Waals surface area (Å²) in [6.45, 7) is 0. The molecule has 5 nitrogen and oxygen atoms in total. The molecule has 118 valence electrons. The number of thiophene rings is 1. The molecule has 0 unspecified atom stereocenters. The van der Waals surface area contributed by atoms with Crippen LogP contribution in [0.3, 0.4) is 0 Å². The van der Waals surface area contributed by atoms with Crippen LogP contribution < -0.4 is 0 Å². The van der Waals surface area contributed by atoms with Gasteiger partial charge in [-0.1, -0.05) is 6.07 Å². The van der Waals surface area contributed by atoms with E-state index in [9.17, 15) is 19.2 Å². The zero-order valence-corrected chi connectivity index (χ0v) is 13.7. The number of cyclic esters (lactones) is 2. The number of rotatable bonds is 3. The summed E-state index contributed by atoms with van der Waals surface area (Å²) in [6, 6.07) is 7.76. The van der Waals surface area contributed by atoms with Gasteiger partial charge in [0.1, 0.15) is 0 Å². The molecule has 0 spiro atoms. The van der Waals surface area contributed by atoms with Crippen LogP contribution >= 0.6 is 34.5 Å². The van der Waals surface area contributed by atoms with E-state index in [2.05, 4.69) is 4.74 Å². The fourth-order valence-electron chi connectivity index (χ4n) is 1.76. The van der Waals surface area contributed by atoms with E-state index in [1.54, 1.807) is 11.3 Å². The van der Waals surface area contributed by atoms with Crippen LogP contribution in [0.25, 0.3) is 0 Å². The number of esters is 2. The fourth-order valence-corrected chi connectivity index (χ4v) is 2.80. The molecule has 2 heterocycles. The highest BCUT2D eigenvalue weighted by molar-refractivity contribution is 7.10. The second-order valence-electron chi connectivity index (χ2n) is 4.32. The van der Waals surface area contributed by atoms with E-state index >= 15 is 0 Å². The van der Waals surface area contributed by atoms with E-state index in [4.69, 9.17) is 23.2 Å². The lowest BCUT2D eigenvalue weighted by molar-refractivity contribution is -0.111. The molecule has 1 aromatic carbocycles. The van der Waals surface area contributed by atoms with Gasteiger partial charge < -0.3 is 4.74 Å². The van der Waals surface area contributed by atoms with E-state index in [0.717, 1.165) is 4.88 Å². The molecule has 2 aromatic rings. The van der Waals surface area contributed by atoms with Gasteiger partial charge in [-0.05, 0) is 52.8 Å². The van der Waals surface area contributed by atoms with E-state index < -0.39 is 17.2 Å². The van der Waals surface area contributed by atoms with Crippen molar-refractivity contribution in [2.75, 3.05) is 0 Å². The summed E-state index contributed by atoms with van der Waals surface area (Å²) in [5.74, 6) is -1.44. The van der Waals surface area contributed by atoms with E-state index in [-0.39, 0.29) is 21.9 Å². The topological polar surface area (TPSA) is 77.5 Å². The van der Waals surface area contributed by atoms with Crippen molar-refractivity contribution >= 4 is 57.0 Å². The first-order valence-electron chi connectivity index (χ1n) is 6.19. The molecule has 0 atom stereocenters. The number of hydrogen-bond donors (Lipinski definition) is 0. The first-order chi connectivity index (χ1) is 10.9. The van der Waals surface area contributed by atoms with Crippen LogP contribution in [0.5, 0.6) is 0 Å². The van der Waals surface area contributed by atoms with Gasteiger partial charge in [0.05, 0.1) is 17.5 Å². The maximum absolute atomic E-state index is 11.1. The molecule has 0 saturated heterocycles. The van der Waals surface area contributed by atoms with Crippen molar-refractivity contribution in [1.29, 1.82) is 0 Å². The normalized spacial score (nSPS) is 12.1. The number of benzene rings is 1. The summed E-state index contributed by atoms with van der Waals surface area (Å²) < 4.78 is 4.33. The molecule has 0 aliphatic carbocycles. The Hall–Kier alpha value is -2.02. The number of carbonyl (C=O) groups is 4. The van der Waals surface area contributed by atoms with Crippen LogP contribution in [0.4, 0.5) is 0 Å². The van der Waals surface area contributed by atoms with Gasteiger partial charge in [0.25, 0.3) is 5.24 Å². The Morgan fingerprint density at radius 1 is 1.04 bits per heavy atom. The second kappa shape index (κ2) is 7.50. The van der Waals surface area contributed by atoms with Crippen molar-refractivity contribution in [3.05, 3.63) is 57.3 Å². The quantitative estimate of drug-likeness (QED) is 0.469. The van der Waals surface area contributed by atoms with Crippen LogP contribution in [0.15, 0.2) is 35.7 Å². The van der Waals surface area contributed by atoms with Gasteiger partial charge in [-0.2, -0.15) is 0 Å². The number of hydrogen-bond acceptors (Lipinski definition) is 6. The third-order valence-electron chi connectivity index (χ3n) is 2.77. The average molecular weight is 371 g/mol. The lowest BCUT2D eigenvalue weighted by atomic mass is 10.1. The number of halogens is 2. The van der Waals surface area contributed by atoms with E-state index in [0.29, 0.717) is 6.42 Å². The molecular formula is C15H8Cl2O5S. The zero-order valence-electron chi connectivity index (χ0n) is 11.4. The lowest BCUT2D eigenvalue weighted by Gasteiger charge is -1.94. The maximum Gasteiger partial charge on any atom is 0.346 e. The number of fused-ring (bicyclic) bond motifs is 1. The van der Waals surface area contributed by atoms with Crippen LogP contribution in [-0.2, 0) is 16.0 Å². The highest BCUT2D eigenvalue weighted by atomic mass is 35.5. The standard InChI is InChI=1S/C9H3ClO4.C6H5ClOS/c10-7(11)4-1-2-5-6(3-4)9(13)14-8(5)12;7-6(8)4-5-2-1-3-9-5/h1-3H;1-3H,4H2. The van der Waals surface area contributed by atoms with Gasteiger partial charge in [-0.3, -0.25) is 9.59 Å². The summed E-state index contributed by atoms with van der Waals surface area (Å²) in [5.41, 5.74) is 0.412. The third-order valence-corrected chi connectivity index (χ3v) is 3.99. The molecule has 8 heteroatoms. The van der Waals surface area contributed by atoms with Crippen LogP contribution in [0, 0.1) is 0 Å². The Labute approximate surface area is 144 Å². The van der Waals surface area contributed by atoms with Gasteiger partial charge in [0.2, 0.25) is 5.24 Å². The molecule has 0 saturated carbocycles. The molecule has 1 aromatic heterocycles. The number of ether oxygens (including phenoxy) is 1. The Bertz CT molecular complexity index is 783. The Morgan fingerprint density at radius 3 is 2.30 bits per heavy atom. The predicted octanol–water partition coefficient (Wildman–Crippen LogP) is 3.43. The Morgan fingerprint density at radius 2 is 1.74 bits per heavy atom. The molecule has 3 rings (SSSR count). The van der Waals surface area contributed by atoms with Crippen LogP contribution in [0.1, 0.15) is 36.0 Å². The minimum Gasteiger partial charge on any atom is -0.386 e. The van der Waals surface area contributed by atoms with Gasteiger partial charge in [-0.15, -0.1) is 11.3 Å². The highest BCUT2D eigenvalue weighted by Gasteiger charge is 2.30.